The van der Waals surface area contributed by atoms with E-state index in [2.05, 4.69) is 12.1 Å². The fraction of sp³-hybridized carbons (Fsp3) is 0.529. The maximum absolute atomic E-state index is 12.8. The maximum atomic E-state index is 12.8. The highest BCUT2D eigenvalue weighted by Crippen LogP contribution is 2.45. The van der Waals surface area contributed by atoms with Crippen LogP contribution in [0.15, 0.2) is 29.2 Å². The predicted molar refractivity (Wildman–Crippen MR) is 83.7 cm³/mol. The van der Waals surface area contributed by atoms with E-state index in [-0.39, 0.29) is 23.0 Å². The first-order valence-electron chi connectivity index (χ1n) is 7.89. The van der Waals surface area contributed by atoms with Crippen LogP contribution in [-0.2, 0) is 16.0 Å². The van der Waals surface area contributed by atoms with E-state index in [0.29, 0.717) is 19.0 Å². The van der Waals surface area contributed by atoms with Crippen molar-refractivity contribution in [1.82, 2.24) is 4.90 Å². The SMILES string of the molecule is O=C(O)[C@H]1CN(C(=O)C2Cc3ccccc3S2)C[C@@H]1C1CC1. The van der Waals surface area contributed by atoms with Crippen molar-refractivity contribution in [2.24, 2.45) is 17.8 Å². The third-order valence-electron chi connectivity index (χ3n) is 5.14. The summed E-state index contributed by atoms with van der Waals surface area (Å²) in [5.74, 6) is -0.307. The molecule has 0 radical (unpaired) electrons. The average molecular weight is 317 g/mol. The molecular formula is C17H19NO3S. The number of nitrogens with zero attached hydrogens (tertiary/aromatic N) is 1. The highest BCUT2D eigenvalue weighted by molar-refractivity contribution is 8.01. The number of likely N-dealkylation sites (tertiary alicyclic amines) is 1. The zero-order chi connectivity index (χ0) is 15.3. The molecule has 1 aromatic rings. The number of benzene rings is 1. The Morgan fingerprint density at radius 1 is 1.18 bits per heavy atom. The van der Waals surface area contributed by atoms with Crippen molar-refractivity contribution in [3.05, 3.63) is 29.8 Å². The lowest BCUT2D eigenvalue weighted by atomic mass is 9.92. The molecule has 2 fully saturated rings. The molecule has 3 atom stereocenters. The second-order valence-corrected chi connectivity index (χ2v) is 7.85. The zero-order valence-electron chi connectivity index (χ0n) is 12.3. The molecule has 0 bridgehead atoms. The number of carbonyl (C=O) groups excluding carboxylic acids is 1. The molecule has 116 valence electrons. The van der Waals surface area contributed by atoms with Gasteiger partial charge in [-0.05, 0) is 42.7 Å². The van der Waals surface area contributed by atoms with Crippen molar-refractivity contribution < 1.29 is 14.7 Å². The van der Waals surface area contributed by atoms with Crippen LogP contribution in [0.25, 0.3) is 0 Å². The topological polar surface area (TPSA) is 57.6 Å². The normalized spacial score (nSPS) is 30.4. The van der Waals surface area contributed by atoms with Gasteiger partial charge in [0.2, 0.25) is 5.91 Å². The number of carboxylic acids is 1. The van der Waals surface area contributed by atoms with Gasteiger partial charge >= 0.3 is 5.97 Å². The lowest BCUT2D eigenvalue weighted by molar-refractivity contribution is -0.142. The first-order chi connectivity index (χ1) is 10.6. The van der Waals surface area contributed by atoms with Gasteiger partial charge in [0.15, 0.2) is 0 Å². The number of rotatable bonds is 3. The van der Waals surface area contributed by atoms with E-state index in [1.807, 2.05) is 17.0 Å². The van der Waals surface area contributed by atoms with Crippen LogP contribution in [-0.4, -0.2) is 40.2 Å². The summed E-state index contributed by atoms with van der Waals surface area (Å²) in [5.41, 5.74) is 1.23. The Bertz CT molecular complexity index is 603. The van der Waals surface area contributed by atoms with Crippen LogP contribution in [0.2, 0.25) is 0 Å². The van der Waals surface area contributed by atoms with E-state index in [1.54, 1.807) is 11.8 Å². The van der Waals surface area contributed by atoms with Crippen molar-refractivity contribution in [2.45, 2.75) is 29.4 Å². The Kier molecular flexibility index (Phi) is 3.40. The second kappa shape index (κ2) is 5.30. The molecule has 3 aliphatic rings. The number of hydrogen-bond acceptors (Lipinski definition) is 3. The Morgan fingerprint density at radius 2 is 1.95 bits per heavy atom. The number of thioether (sulfide) groups is 1. The number of hydrogen-bond donors (Lipinski definition) is 1. The summed E-state index contributed by atoms with van der Waals surface area (Å²) in [6.07, 6.45) is 3.02. The van der Waals surface area contributed by atoms with Crippen LogP contribution in [0, 0.1) is 17.8 Å². The monoisotopic (exact) mass is 317 g/mol. The Balaban J connectivity index is 1.47. The van der Waals surface area contributed by atoms with Gasteiger partial charge in [-0.15, -0.1) is 11.8 Å². The van der Waals surface area contributed by atoms with Gasteiger partial charge in [0.25, 0.3) is 0 Å². The summed E-state index contributed by atoms with van der Waals surface area (Å²) >= 11 is 1.63. The Hall–Kier alpha value is -1.49. The fourth-order valence-electron chi connectivity index (χ4n) is 3.80. The molecule has 1 aromatic carbocycles. The molecule has 1 amide bonds. The van der Waals surface area contributed by atoms with Gasteiger partial charge in [0.05, 0.1) is 11.2 Å². The molecule has 1 aliphatic carbocycles. The van der Waals surface area contributed by atoms with E-state index < -0.39 is 5.97 Å². The van der Waals surface area contributed by atoms with Gasteiger partial charge in [0.1, 0.15) is 0 Å². The van der Waals surface area contributed by atoms with Crippen molar-refractivity contribution in [1.29, 1.82) is 0 Å². The third-order valence-corrected chi connectivity index (χ3v) is 6.45. The quantitative estimate of drug-likeness (QED) is 0.929. The van der Waals surface area contributed by atoms with E-state index in [4.69, 9.17) is 0 Å². The average Bonchev–Trinajstić information content (AvgIpc) is 3.11. The molecule has 2 aliphatic heterocycles. The minimum Gasteiger partial charge on any atom is -0.481 e. The number of carboxylic acid groups (broad SMARTS) is 1. The van der Waals surface area contributed by atoms with Crippen LogP contribution in [0.1, 0.15) is 18.4 Å². The highest BCUT2D eigenvalue weighted by Gasteiger charge is 2.48. The van der Waals surface area contributed by atoms with E-state index in [0.717, 1.165) is 19.3 Å². The lowest BCUT2D eigenvalue weighted by Crippen LogP contribution is -2.36. The van der Waals surface area contributed by atoms with Crippen molar-refractivity contribution in [3.8, 4) is 0 Å². The first kappa shape index (κ1) is 14.1. The standard InChI is InChI=1S/C17H19NO3S/c19-16(15-7-11-3-1-2-4-14(11)22-15)18-8-12(10-5-6-10)13(9-18)17(20)21/h1-4,10,12-13,15H,5-9H2,(H,20,21)/t12-,13+,15?/m1/s1. The van der Waals surface area contributed by atoms with Gasteiger partial charge in [-0.2, -0.15) is 0 Å². The molecular weight excluding hydrogens is 298 g/mol. The summed E-state index contributed by atoms with van der Waals surface area (Å²) in [6, 6.07) is 8.14. The van der Waals surface area contributed by atoms with Crippen LogP contribution >= 0.6 is 11.8 Å². The molecule has 4 rings (SSSR count). The molecule has 1 saturated heterocycles. The molecule has 2 heterocycles. The third kappa shape index (κ3) is 2.41. The number of fused-ring (bicyclic) bond motifs is 1. The van der Waals surface area contributed by atoms with E-state index in [9.17, 15) is 14.7 Å². The molecule has 1 N–H and O–H groups in total. The van der Waals surface area contributed by atoms with Crippen LogP contribution in [0.5, 0.6) is 0 Å². The van der Waals surface area contributed by atoms with Crippen LogP contribution in [0.3, 0.4) is 0 Å². The van der Waals surface area contributed by atoms with E-state index >= 15 is 0 Å². The Labute approximate surface area is 133 Å². The highest BCUT2D eigenvalue weighted by atomic mass is 32.2. The Morgan fingerprint density at radius 3 is 2.64 bits per heavy atom. The summed E-state index contributed by atoms with van der Waals surface area (Å²) in [4.78, 5) is 27.3. The van der Waals surface area contributed by atoms with Crippen LogP contribution < -0.4 is 0 Å². The number of amides is 1. The van der Waals surface area contributed by atoms with Gasteiger partial charge in [0, 0.05) is 18.0 Å². The van der Waals surface area contributed by atoms with Gasteiger partial charge in [-0.1, -0.05) is 18.2 Å². The van der Waals surface area contributed by atoms with Crippen LogP contribution in [0.4, 0.5) is 0 Å². The van der Waals surface area contributed by atoms with Crippen molar-refractivity contribution in [2.75, 3.05) is 13.1 Å². The maximum Gasteiger partial charge on any atom is 0.308 e. The van der Waals surface area contributed by atoms with E-state index in [1.165, 1.54) is 10.5 Å². The van der Waals surface area contributed by atoms with Gasteiger partial charge in [-0.25, -0.2) is 0 Å². The number of carbonyl (C=O) groups is 2. The number of aliphatic carboxylic acids is 1. The molecule has 0 spiro atoms. The second-order valence-electron chi connectivity index (χ2n) is 6.61. The first-order valence-corrected chi connectivity index (χ1v) is 8.77. The molecule has 1 saturated carbocycles. The smallest absolute Gasteiger partial charge is 0.308 e. The minimum atomic E-state index is -0.741. The molecule has 0 aromatic heterocycles. The summed E-state index contributed by atoms with van der Waals surface area (Å²) in [7, 11) is 0. The summed E-state index contributed by atoms with van der Waals surface area (Å²) in [6.45, 7) is 1.02. The minimum absolute atomic E-state index is 0.0789. The van der Waals surface area contributed by atoms with Gasteiger partial charge in [-0.3, -0.25) is 9.59 Å². The van der Waals surface area contributed by atoms with Gasteiger partial charge < -0.3 is 10.0 Å². The summed E-state index contributed by atoms with van der Waals surface area (Å²) < 4.78 is 0. The molecule has 5 heteroatoms. The largest absolute Gasteiger partial charge is 0.481 e. The lowest BCUT2D eigenvalue weighted by Gasteiger charge is -2.20. The summed E-state index contributed by atoms with van der Waals surface area (Å²) in [5, 5.41) is 9.35. The predicted octanol–water partition coefficient (Wildman–Crippen LogP) is 2.27. The van der Waals surface area contributed by atoms with Crippen molar-refractivity contribution in [3.63, 3.8) is 0 Å². The van der Waals surface area contributed by atoms with Crippen molar-refractivity contribution >= 4 is 23.6 Å². The molecule has 22 heavy (non-hydrogen) atoms. The fourth-order valence-corrected chi connectivity index (χ4v) is 5.07. The zero-order valence-corrected chi connectivity index (χ0v) is 13.1. The molecule has 1 unspecified atom stereocenters. The molecule has 4 nitrogen and oxygen atoms in total.